The average Bonchev–Trinajstić information content (AvgIpc) is 2.32. The first-order chi connectivity index (χ1) is 5.68. The van der Waals surface area contributed by atoms with Crippen molar-refractivity contribution < 1.29 is 5.11 Å². The van der Waals surface area contributed by atoms with Gasteiger partial charge in [0.05, 0.1) is 11.3 Å². The molecule has 0 radical (unpaired) electrons. The van der Waals surface area contributed by atoms with Crippen LogP contribution in [0.5, 0.6) is 0 Å². The SMILES string of the molecule is OC1(Cc2csc(Br)n2)CNC1. The van der Waals surface area contributed by atoms with E-state index in [4.69, 9.17) is 0 Å². The highest BCUT2D eigenvalue weighted by atomic mass is 79.9. The lowest BCUT2D eigenvalue weighted by molar-refractivity contribution is -0.00971. The normalized spacial score (nSPS) is 20.5. The van der Waals surface area contributed by atoms with E-state index in [1.165, 1.54) is 0 Å². The van der Waals surface area contributed by atoms with Crippen LogP contribution in [0.15, 0.2) is 9.30 Å². The zero-order valence-corrected chi connectivity index (χ0v) is 8.78. The largest absolute Gasteiger partial charge is 0.387 e. The monoisotopic (exact) mass is 248 g/mol. The molecule has 5 heteroatoms. The minimum Gasteiger partial charge on any atom is -0.387 e. The minimum atomic E-state index is -0.548. The van der Waals surface area contributed by atoms with E-state index in [2.05, 4.69) is 26.2 Å². The number of nitrogens with zero attached hydrogens (tertiary/aromatic N) is 1. The summed E-state index contributed by atoms with van der Waals surface area (Å²) in [5, 5.41) is 14.8. The Balaban J connectivity index is 2.03. The molecule has 1 aromatic heterocycles. The molecule has 2 N–H and O–H groups in total. The van der Waals surface area contributed by atoms with Crippen LogP contribution in [0.1, 0.15) is 5.69 Å². The van der Waals surface area contributed by atoms with Gasteiger partial charge < -0.3 is 10.4 Å². The molecule has 1 aliphatic rings. The molecule has 12 heavy (non-hydrogen) atoms. The Morgan fingerprint density at radius 1 is 1.75 bits per heavy atom. The van der Waals surface area contributed by atoms with Gasteiger partial charge in [-0.1, -0.05) is 0 Å². The maximum absolute atomic E-state index is 9.76. The molecule has 0 aromatic carbocycles. The second kappa shape index (κ2) is 3.06. The summed E-state index contributed by atoms with van der Waals surface area (Å²) in [5.41, 5.74) is 0.420. The van der Waals surface area contributed by atoms with Gasteiger partial charge in [-0.15, -0.1) is 11.3 Å². The van der Waals surface area contributed by atoms with Gasteiger partial charge >= 0.3 is 0 Å². The van der Waals surface area contributed by atoms with Crippen molar-refractivity contribution in [2.45, 2.75) is 12.0 Å². The van der Waals surface area contributed by atoms with E-state index in [1.54, 1.807) is 11.3 Å². The molecule has 66 valence electrons. The summed E-state index contributed by atoms with van der Waals surface area (Å²) in [6.45, 7) is 1.37. The Morgan fingerprint density at radius 3 is 2.92 bits per heavy atom. The van der Waals surface area contributed by atoms with E-state index in [1.807, 2.05) is 5.38 Å². The molecule has 0 atom stereocenters. The second-order valence-corrected chi connectivity index (χ2v) is 5.23. The van der Waals surface area contributed by atoms with Crippen molar-refractivity contribution in [3.8, 4) is 0 Å². The van der Waals surface area contributed by atoms with E-state index in [0.717, 1.165) is 9.61 Å². The van der Waals surface area contributed by atoms with Crippen LogP contribution in [0.25, 0.3) is 0 Å². The molecule has 0 bridgehead atoms. The minimum absolute atomic E-state index is 0.548. The van der Waals surface area contributed by atoms with Crippen LogP contribution < -0.4 is 5.32 Å². The number of rotatable bonds is 2. The maximum Gasteiger partial charge on any atom is 0.159 e. The highest BCUT2D eigenvalue weighted by molar-refractivity contribution is 9.11. The Morgan fingerprint density at radius 2 is 2.50 bits per heavy atom. The van der Waals surface area contributed by atoms with Gasteiger partial charge in [0.1, 0.15) is 0 Å². The Labute approximate surface area is 83.0 Å². The summed E-state index contributed by atoms with van der Waals surface area (Å²) in [6, 6.07) is 0. The smallest absolute Gasteiger partial charge is 0.159 e. The lowest BCUT2D eigenvalue weighted by Crippen LogP contribution is -2.60. The molecule has 0 aliphatic carbocycles. The summed E-state index contributed by atoms with van der Waals surface area (Å²) >= 11 is 4.84. The van der Waals surface area contributed by atoms with Crippen molar-refractivity contribution in [2.24, 2.45) is 0 Å². The third-order valence-electron chi connectivity index (χ3n) is 1.94. The van der Waals surface area contributed by atoms with E-state index >= 15 is 0 Å². The lowest BCUT2D eigenvalue weighted by Gasteiger charge is -2.37. The van der Waals surface area contributed by atoms with Crippen LogP contribution in [-0.2, 0) is 6.42 Å². The van der Waals surface area contributed by atoms with Crippen molar-refractivity contribution in [3.05, 3.63) is 15.0 Å². The molecule has 1 fully saturated rings. The van der Waals surface area contributed by atoms with Gasteiger partial charge in [0.15, 0.2) is 3.92 Å². The molecule has 1 aliphatic heterocycles. The highest BCUT2D eigenvalue weighted by Crippen LogP contribution is 2.21. The van der Waals surface area contributed by atoms with Crippen LogP contribution in [-0.4, -0.2) is 28.8 Å². The number of hydrogen-bond acceptors (Lipinski definition) is 4. The predicted octanol–water partition coefficient (Wildman–Crippen LogP) is 0.782. The van der Waals surface area contributed by atoms with E-state index in [9.17, 15) is 5.11 Å². The topological polar surface area (TPSA) is 45.2 Å². The number of hydrogen-bond donors (Lipinski definition) is 2. The highest BCUT2D eigenvalue weighted by Gasteiger charge is 2.34. The Bertz CT molecular complexity index is 285. The van der Waals surface area contributed by atoms with Crippen LogP contribution in [0.4, 0.5) is 0 Å². The van der Waals surface area contributed by atoms with Gasteiger partial charge in [-0.05, 0) is 15.9 Å². The van der Waals surface area contributed by atoms with Crippen molar-refractivity contribution in [3.63, 3.8) is 0 Å². The summed E-state index contributed by atoms with van der Waals surface area (Å²) in [6.07, 6.45) is 0.655. The molecule has 1 aromatic rings. The van der Waals surface area contributed by atoms with E-state index in [-0.39, 0.29) is 0 Å². The van der Waals surface area contributed by atoms with Gasteiger partial charge in [0.25, 0.3) is 0 Å². The number of aliphatic hydroxyl groups is 1. The number of halogens is 1. The van der Waals surface area contributed by atoms with Crippen molar-refractivity contribution in [1.29, 1.82) is 0 Å². The predicted molar refractivity (Wildman–Crippen MR) is 51.3 cm³/mol. The summed E-state index contributed by atoms with van der Waals surface area (Å²) in [7, 11) is 0. The van der Waals surface area contributed by atoms with Crippen LogP contribution in [0.2, 0.25) is 0 Å². The van der Waals surface area contributed by atoms with Crippen molar-refractivity contribution in [1.82, 2.24) is 10.3 Å². The molecule has 2 rings (SSSR count). The van der Waals surface area contributed by atoms with E-state index < -0.39 is 5.60 Å². The number of β-amino-alcohol motifs (C(OH)–C–C–N with tert-alkyl or cyclic N) is 1. The van der Waals surface area contributed by atoms with Gasteiger partial charge in [0, 0.05) is 24.9 Å². The molecule has 2 heterocycles. The number of aromatic nitrogens is 1. The summed E-state index contributed by atoms with van der Waals surface area (Å²) in [4.78, 5) is 4.23. The van der Waals surface area contributed by atoms with Crippen LogP contribution >= 0.6 is 27.3 Å². The maximum atomic E-state index is 9.76. The first kappa shape index (κ1) is 8.62. The van der Waals surface area contributed by atoms with Crippen molar-refractivity contribution in [2.75, 3.05) is 13.1 Å². The first-order valence-corrected chi connectivity index (χ1v) is 5.38. The molecule has 0 saturated carbocycles. The van der Waals surface area contributed by atoms with Crippen LogP contribution in [0, 0.1) is 0 Å². The molecule has 0 unspecified atom stereocenters. The van der Waals surface area contributed by atoms with Gasteiger partial charge in [-0.3, -0.25) is 0 Å². The fraction of sp³-hybridized carbons (Fsp3) is 0.571. The van der Waals surface area contributed by atoms with E-state index in [0.29, 0.717) is 19.5 Å². The Hall–Kier alpha value is 0.0300. The molecular weight excluding hydrogens is 240 g/mol. The molecule has 0 spiro atoms. The van der Waals surface area contributed by atoms with Crippen LogP contribution in [0.3, 0.4) is 0 Å². The second-order valence-electron chi connectivity index (χ2n) is 3.10. The fourth-order valence-corrected chi connectivity index (χ4v) is 2.29. The molecule has 0 amide bonds. The zero-order chi connectivity index (χ0) is 8.60. The quantitative estimate of drug-likeness (QED) is 0.814. The summed E-state index contributed by atoms with van der Waals surface area (Å²) in [5.74, 6) is 0. The third-order valence-corrected chi connectivity index (χ3v) is 3.36. The number of thiazole rings is 1. The van der Waals surface area contributed by atoms with Gasteiger partial charge in [-0.2, -0.15) is 0 Å². The molecule has 1 saturated heterocycles. The molecular formula is C7H9BrN2OS. The standard InChI is InChI=1S/C7H9BrN2OS/c8-6-10-5(2-12-6)1-7(11)3-9-4-7/h2,9,11H,1,3-4H2. The number of nitrogens with one attached hydrogen (secondary N) is 1. The van der Waals surface area contributed by atoms with Gasteiger partial charge in [0.2, 0.25) is 0 Å². The average molecular weight is 249 g/mol. The Kier molecular flexibility index (Phi) is 2.20. The molecule has 3 nitrogen and oxygen atoms in total. The van der Waals surface area contributed by atoms with Crippen molar-refractivity contribution >= 4 is 27.3 Å². The summed E-state index contributed by atoms with van der Waals surface area (Å²) < 4.78 is 0.883. The zero-order valence-electron chi connectivity index (χ0n) is 6.38. The fourth-order valence-electron chi connectivity index (χ4n) is 1.24. The third kappa shape index (κ3) is 1.69. The van der Waals surface area contributed by atoms with Gasteiger partial charge in [-0.25, -0.2) is 4.98 Å². The first-order valence-electron chi connectivity index (χ1n) is 3.71. The lowest BCUT2D eigenvalue weighted by atomic mass is 9.92.